The van der Waals surface area contributed by atoms with Crippen molar-refractivity contribution in [2.24, 2.45) is 0 Å². The average Bonchev–Trinajstić information content (AvgIpc) is 2.42. The van der Waals surface area contributed by atoms with Gasteiger partial charge in [0.25, 0.3) is 0 Å². The van der Waals surface area contributed by atoms with Crippen molar-refractivity contribution in [2.45, 2.75) is 12.8 Å². The third-order valence-corrected chi connectivity index (χ3v) is 3.17. The van der Waals surface area contributed by atoms with E-state index in [9.17, 15) is 9.59 Å². The summed E-state index contributed by atoms with van der Waals surface area (Å²) in [6, 6.07) is 1.95. The Kier molecular flexibility index (Phi) is 6.09. The molecule has 7 heteroatoms. The summed E-state index contributed by atoms with van der Waals surface area (Å²) < 4.78 is 0. The van der Waals surface area contributed by atoms with E-state index in [2.05, 4.69) is 0 Å². The van der Waals surface area contributed by atoms with Gasteiger partial charge in [-0.1, -0.05) is 0 Å². The monoisotopic (exact) mass is 268 g/mol. The van der Waals surface area contributed by atoms with Crippen LogP contribution in [-0.2, 0) is 4.79 Å². The Labute approximate surface area is 113 Å². The molecule has 1 aliphatic rings. The van der Waals surface area contributed by atoms with Gasteiger partial charge < -0.3 is 14.9 Å². The molecule has 0 unspecified atom stereocenters. The zero-order chi connectivity index (χ0) is 14.3. The summed E-state index contributed by atoms with van der Waals surface area (Å²) in [6.45, 7) is 3.58. The lowest BCUT2D eigenvalue weighted by Crippen LogP contribution is -2.52. The smallest absolute Gasteiger partial charge is 0.319 e. The first-order valence-corrected chi connectivity index (χ1v) is 6.35. The predicted octanol–water partition coefficient (Wildman–Crippen LogP) is 0.0442. The first kappa shape index (κ1) is 15.2. The number of urea groups is 1. The van der Waals surface area contributed by atoms with Gasteiger partial charge in [-0.05, 0) is 0 Å². The number of nitriles is 1. The second kappa shape index (κ2) is 7.59. The van der Waals surface area contributed by atoms with Gasteiger partial charge in [-0.2, -0.15) is 5.26 Å². The molecule has 0 spiro atoms. The van der Waals surface area contributed by atoms with Gasteiger partial charge in [0.2, 0.25) is 0 Å². The summed E-state index contributed by atoms with van der Waals surface area (Å²) in [5.74, 6) is -0.797. The highest BCUT2D eigenvalue weighted by Crippen LogP contribution is 2.05. The fourth-order valence-electron chi connectivity index (χ4n) is 1.97. The number of hydrogen-bond donors (Lipinski definition) is 1. The van der Waals surface area contributed by atoms with Crippen molar-refractivity contribution < 1.29 is 14.7 Å². The Morgan fingerprint density at radius 2 is 1.95 bits per heavy atom. The molecule has 0 aromatic carbocycles. The largest absolute Gasteiger partial charge is 0.481 e. The Balaban J connectivity index is 2.31. The van der Waals surface area contributed by atoms with Crippen molar-refractivity contribution in [3.8, 4) is 6.07 Å². The van der Waals surface area contributed by atoms with Crippen LogP contribution in [0.5, 0.6) is 0 Å². The number of carboxylic acids is 1. The first-order valence-electron chi connectivity index (χ1n) is 6.35. The summed E-state index contributed by atoms with van der Waals surface area (Å²) in [5, 5.41) is 17.1. The normalized spacial score (nSPS) is 15.9. The van der Waals surface area contributed by atoms with Gasteiger partial charge >= 0.3 is 12.0 Å². The molecule has 1 fully saturated rings. The van der Waals surface area contributed by atoms with Gasteiger partial charge in [0.15, 0.2) is 0 Å². The Morgan fingerprint density at radius 1 is 1.32 bits per heavy atom. The van der Waals surface area contributed by atoms with Crippen LogP contribution in [0.2, 0.25) is 0 Å². The minimum Gasteiger partial charge on any atom is -0.481 e. The zero-order valence-electron chi connectivity index (χ0n) is 11.2. The van der Waals surface area contributed by atoms with E-state index in [0.717, 1.165) is 0 Å². The van der Waals surface area contributed by atoms with Gasteiger partial charge in [-0.3, -0.25) is 9.69 Å². The lowest BCUT2D eigenvalue weighted by atomic mass is 10.3. The highest BCUT2D eigenvalue weighted by molar-refractivity contribution is 5.74. The van der Waals surface area contributed by atoms with Gasteiger partial charge in [0, 0.05) is 46.3 Å². The molecule has 0 aliphatic carbocycles. The summed E-state index contributed by atoms with van der Waals surface area (Å²) in [5.41, 5.74) is 0. The van der Waals surface area contributed by atoms with Gasteiger partial charge in [0.1, 0.15) is 0 Å². The number of carboxylic acid groups (broad SMARTS) is 1. The number of aliphatic carboxylic acids is 1. The maximum atomic E-state index is 12.0. The fourth-order valence-corrected chi connectivity index (χ4v) is 1.97. The molecule has 106 valence electrons. The fraction of sp³-hybridized carbons (Fsp3) is 0.750. The molecule has 1 aliphatic heterocycles. The molecule has 2 amide bonds. The number of amides is 2. The second-order valence-electron chi connectivity index (χ2n) is 4.58. The standard InChI is InChI=1S/C12H20N4O3/c1-14(5-2-4-13)12(19)16-9-7-15(8-10-16)6-3-11(17)18/h2-3,5-10H2,1H3,(H,17,18). The molecule has 0 aromatic rings. The lowest BCUT2D eigenvalue weighted by molar-refractivity contribution is -0.137. The average molecular weight is 268 g/mol. The van der Waals surface area contributed by atoms with E-state index in [1.54, 1.807) is 16.8 Å². The van der Waals surface area contributed by atoms with Crippen molar-refractivity contribution >= 4 is 12.0 Å². The summed E-state index contributed by atoms with van der Waals surface area (Å²) in [7, 11) is 1.69. The molecule has 1 saturated heterocycles. The number of nitrogens with zero attached hydrogens (tertiary/aromatic N) is 4. The number of hydrogen-bond acceptors (Lipinski definition) is 4. The highest BCUT2D eigenvalue weighted by Gasteiger charge is 2.23. The molecule has 1 rings (SSSR count). The third kappa shape index (κ3) is 5.14. The molecule has 1 N–H and O–H groups in total. The van der Waals surface area contributed by atoms with Crippen LogP contribution in [-0.4, -0.2) is 78.1 Å². The maximum Gasteiger partial charge on any atom is 0.319 e. The SMILES string of the molecule is CN(CCC#N)C(=O)N1CCN(CCC(=O)O)CC1. The molecular formula is C12H20N4O3. The van der Waals surface area contributed by atoms with Gasteiger partial charge in [-0.15, -0.1) is 0 Å². The summed E-state index contributed by atoms with van der Waals surface area (Å²) >= 11 is 0. The maximum absolute atomic E-state index is 12.0. The molecule has 0 bridgehead atoms. The van der Waals surface area contributed by atoms with Crippen molar-refractivity contribution in [1.82, 2.24) is 14.7 Å². The Bertz CT molecular complexity index is 358. The van der Waals surface area contributed by atoms with Crippen LogP contribution >= 0.6 is 0 Å². The van der Waals surface area contributed by atoms with Crippen molar-refractivity contribution in [3.05, 3.63) is 0 Å². The summed E-state index contributed by atoms with van der Waals surface area (Å²) in [4.78, 5) is 27.8. The van der Waals surface area contributed by atoms with Crippen molar-refractivity contribution in [1.29, 1.82) is 5.26 Å². The van der Waals surface area contributed by atoms with E-state index >= 15 is 0 Å². The van der Waals surface area contributed by atoms with E-state index < -0.39 is 5.97 Å². The Morgan fingerprint density at radius 3 is 2.47 bits per heavy atom. The topological polar surface area (TPSA) is 87.9 Å². The minimum atomic E-state index is -0.797. The van der Waals surface area contributed by atoms with E-state index in [1.165, 1.54) is 0 Å². The minimum absolute atomic E-state index is 0.0619. The van der Waals surface area contributed by atoms with E-state index in [1.807, 2.05) is 11.0 Å². The molecule has 0 radical (unpaired) electrons. The lowest BCUT2D eigenvalue weighted by Gasteiger charge is -2.36. The van der Waals surface area contributed by atoms with Gasteiger partial charge in [0.05, 0.1) is 18.9 Å². The number of carbonyl (C=O) groups excluding carboxylic acids is 1. The molecule has 19 heavy (non-hydrogen) atoms. The zero-order valence-corrected chi connectivity index (χ0v) is 11.2. The first-order chi connectivity index (χ1) is 9.04. The van der Waals surface area contributed by atoms with Crippen molar-refractivity contribution in [3.63, 3.8) is 0 Å². The molecular weight excluding hydrogens is 248 g/mol. The van der Waals surface area contributed by atoms with Crippen LogP contribution in [0.25, 0.3) is 0 Å². The molecule has 0 saturated carbocycles. The molecule has 1 heterocycles. The van der Waals surface area contributed by atoms with Crippen LogP contribution < -0.4 is 0 Å². The van der Waals surface area contributed by atoms with Crippen LogP contribution in [0.1, 0.15) is 12.8 Å². The Hall–Kier alpha value is -1.81. The second-order valence-corrected chi connectivity index (χ2v) is 4.58. The number of carbonyl (C=O) groups is 2. The van der Waals surface area contributed by atoms with E-state index in [-0.39, 0.29) is 12.5 Å². The number of piperazine rings is 1. The van der Waals surface area contributed by atoms with E-state index in [0.29, 0.717) is 45.7 Å². The predicted molar refractivity (Wildman–Crippen MR) is 68.5 cm³/mol. The third-order valence-electron chi connectivity index (χ3n) is 3.17. The van der Waals surface area contributed by atoms with Crippen LogP contribution in [0, 0.1) is 11.3 Å². The van der Waals surface area contributed by atoms with Crippen molar-refractivity contribution in [2.75, 3.05) is 46.3 Å². The van der Waals surface area contributed by atoms with Gasteiger partial charge in [-0.25, -0.2) is 4.79 Å². The van der Waals surface area contributed by atoms with Crippen LogP contribution in [0.15, 0.2) is 0 Å². The number of rotatable bonds is 5. The molecule has 0 atom stereocenters. The van der Waals surface area contributed by atoms with Crippen LogP contribution in [0.3, 0.4) is 0 Å². The van der Waals surface area contributed by atoms with E-state index in [4.69, 9.17) is 10.4 Å². The van der Waals surface area contributed by atoms with Crippen LogP contribution in [0.4, 0.5) is 4.79 Å². The highest BCUT2D eigenvalue weighted by atomic mass is 16.4. The quantitative estimate of drug-likeness (QED) is 0.761. The molecule has 0 aromatic heterocycles. The molecule has 7 nitrogen and oxygen atoms in total. The summed E-state index contributed by atoms with van der Waals surface area (Å²) in [6.07, 6.45) is 0.469.